The van der Waals surface area contributed by atoms with Crippen LogP contribution < -0.4 is 0 Å². The molecule has 0 unspecified atom stereocenters. The lowest BCUT2D eigenvalue weighted by Crippen LogP contribution is -2.46. The molecule has 1 rings (SSSR count). The topological polar surface area (TPSA) is 55.8 Å². The second-order valence-corrected chi connectivity index (χ2v) is 3.90. The predicted octanol–water partition coefficient (Wildman–Crippen LogP) is 0.577. The van der Waals surface area contributed by atoms with Gasteiger partial charge in [-0.15, -0.1) is 0 Å². The van der Waals surface area contributed by atoms with Crippen molar-refractivity contribution in [1.29, 1.82) is 0 Å². The first-order chi connectivity index (χ1) is 7.69. The minimum absolute atomic E-state index is 0.191. The summed E-state index contributed by atoms with van der Waals surface area (Å²) in [4.78, 5) is 24.6. The molecule has 1 atom stereocenters. The number of nitrogens with zero attached hydrogens (tertiary/aromatic N) is 1. The molecule has 92 valence electrons. The van der Waals surface area contributed by atoms with E-state index in [-0.39, 0.29) is 18.0 Å². The fraction of sp³-hybridized carbons (Fsp3) is 0.818. The van der Waals surface area contributed by atoms with Crippen molar-refractivity contribution in [3.05, 3.63) is 0 Å². The molecule has 0 spiro atoms. The molecule has 0 saturated carbocycles. The van der Waals surface area contributed by atoms with Gasteiger partial charge in [0.1, 0.15) is 6.04 Å². The minimum Gasteiger partial charge on any atom is -0.469 e. The van der Waals surface area contributed by atoms with E-state index in [1.807, 2.05) is 4.90 Å². The molecule has 0 aromatic rings. The van der Waals surface area contributed by atoms with E-state index in [9.17, 15) is 9.59 Å². The zero-order chi connectivity index (χ0) is 12.0. The molecule has 5 nitrogen and oxygen atoms in total. The number of hydrogen-bond acceptors (Lipinski definition) is 5. The monoisotopic (exact) mass is 229 g/mol. The SMILES string of the molecule is COC(=O)CCN1CCCC[C@@H]1C(=O)OC. The molecule has 0 bridgehead atoms. The number of ether oxygens (including phenoxy) is 2. The van der Waals surface area contributed by atoms with E-state index in [2.05, 4.69) is 4.74 Å². The predicted molar refractivity (Wildman–Crippen MR) is 57.9 cm³/mol. The van der Waals surface area contributed by atoms with Crippen LogP contribution in [0.25, 0.3) is 0 Å². The molecule has 0 amide bonds. The highest BCUT2D eigenvalue weighted by Gasteiger charge is 2.29. The zero-order valence-corrected chi connectivity index (χ0v) is 9.90. The maximum atomic E-state index is 11.5. The van der Waals surface area contributed by atoms with Crippen LogP contribution in [0.3, 0.4) is 0 Å². The van der Waals surface area contributed by atoms with Gasteiger partial charge < -0.3 is 9.47 Å². The molecule has 0 aromatic carbocycles. The number of methoxy groups -OCH3 is 2. The van der Waals surface area contributed by atoms with Crippen LogP contribution in [0.4, 0.5) is 0 Å². The van der Waals surface area contributed by atoms with Crippen LogP contribution in [0.5, 0.6) is 0 Å². The molecular weight excluding hydrogens is 210 g/mol. The first-order valence-corrected chi connectivity index (χ1v) is 5.57. The molecule has 16 heavy (non-hydrogen) atoms. The summed E-state index contributed by atoms with van der Waals surface area (Å²) in [7, 11) is 2.77. The number of esters is 2. The minimum atomic E-state index is -0.241. The lowest BCUT2D eigenvalue weighted by atomic mass is 10.0. The van der Waals surface area contributed by atoms with Gasteiger partial charge in [0, 0.05) is 6.54 Å². The molecule has 1 saturated heterocycles. The maximum absolute atomic E-state index is 11.5. The number of rotatable bonds is 4. The summed E-state index contributed by atoms with van der Waals surface area (Å²) in [6, 6.07) is -0.191. The van der Waals surface area contributed by atoms with E-state index in [1.54, 1.807) is 0 Å². The Kier molecular flexibility index (Phi) is 5.25. The fourth-order valence-corrected chi connectivity index (χ4v) is 2.00. The number of hydrogen-bond donors (Lipinski definition) is 0. The van der Waals surface area contributed by atoms with Gasteiger partial charge in [0.25, 0.3) is 0 Å². The molecule has 1 aliphatic rings. The summed E-state index contributed by atoms with van der Waals surface area (Å²) in [6.07, 6.45) is 3.24. The highest BCUT2D eigenvalue weighted by Crippen LogP contribution is 2.18. The Morgan fingerprint density at radius 1 is 1.25 bits per heavy atom. The van der Waals surface area contributed by atoms with E-state index in [0.717, 1.165) is 25.8 Å². The second kappa shape index (κ2) is 6.48. The van der Waals surface area contributed by atoms with Crippen LogP contribution in [0.1, 0.15) is 25.7 Å². The van der Waals surface area contributed by atoms with Crippen LogP contribution in [0.2, 0.25) is 0 Å². The lowest BCUT2D eigenvalue weighted by molar-refractivity contribution is -0.150. The van der Waals surface area contributed by atoms with Crippen LogP contribution in [0, 0.1) is 0 Å². The standard InChI is InChI=1S/C11H19NO4/c1-15-10(13)6-8-12-7-4-3-5-9(12)11(14)16-2/h9H,3-8H2,1-2H3/t9-/m1/s1. The van der Waals surface area contributed by atoms with Gasteiger partial charge in [0.15, 0.2) is 0 Å². The Morgan fingerprint density at radius 2 is 2.00 bits per heavy atom. The zero-order valence-electron chi connectivity index (χ0n) is 9.90. The third-order valence-corrected chi connectivity index (χ3v) is 2.92. The summed E-state index contributed by atoms with van der Waals surface area (Å²) >= 11 is 0. The highest BCUT2D eigenvalue weighted by molar-refractivity contribution is 5.76. The first kappa shape index (κ1) is 13.0. The largest absolute Gasteiger partial charge is 0.469 e. The van der Waals surface area contributed by atoms with Gasteiger partial charge in [-0.25, -0.2) is 0 Å². The van der Waals surface area contributed by atoms with E-state index in [1.165, 1.54) is 14.2 Å². The molecule has 1 heterocycles. The van der Waals surface area contributed by atoms with E-state index >= 15 is 0 Å². The molecule has 0 aromatic heterocycles. The van der Waals surface area contributed by atoms with Gasteiger partial charge in [0.2, 0.25) is 0 Å². The molecule has 0 aliphatic carbocycles. The smallest absolute Gasteiger partial charge is 0.323 e. The first-order valence-electron chi connectivity index (χ1n) is 5.57. The van der Waals surface area contributed by atoms with Crippen molar-refractivity contribution in [2.45, 2.75) is 31.7 Å². The third-order valence-electron chi connectivity index (χ3n) is 2.92. The van der Waals surface area contributed by atoms with Crippen molar-refractivity contribution in [2.24, 2.45) is 0 Å². The number of piperidine rings is 1. The highest BCUT2D eigenvalue weighted by atomic mass is 16.5. The quantitative estimate of drug-likeness (QED) is 0.660. The van der Waals surface area contributed by atoms with E-state index < -0.39 is 0 Å². The van der Waals surface area contributed by atoms with Crippen LogP contribution in [-0.4, -0.2) is 50.2 Å². The number of likely N-dealkylation sites (tertiary alicyclic amines) is 1. The second-order valence-electron chi connectivity index (χ2n) is 3.90. The fourth-order valence-electron chi connectivity index (χ4n) is 2.00. The van der Waals surface area contributed by atoms with Gasteiger partial charge in [-0.05, 0) is 19.4 Å². The molecular formula is C11H19NO4. The van der Waals surface area contributed by atoms with E-state index in [0.29, 0.717) is 13.0 Å². The van der Waals surface area contributed by atoms with Gasteiger partial charge in [-0.2, -0.15) is 0 Å². The average molecular weight is 229 g/mol. The summed E-state index contributed by atoms with van der Waals surface area (Å²) in [5, 5.41) is 0. The Hall–Kier alpha value is -1.10. The summed E-state index contributed by atoms with van der Waals surface area (Å²) in [5.74, 6) is -0.446. The van der Waals surface area contributed by atoms with E-state index in [4.69, 9.17) is 4.74 Å². The summed E-state index contributed by atoms with van der Waals surface area (Å²) in [5.41, 5.74) is 0. The third kappa shape index (κ3) is 3.48. The molecule has 5 heteroatoms. The number of carbonyl (C=O) groups is 2. The Morgan fingerprint density at radius 3 is 2.62 bits per heavy atom. The van der Waals surface area contributed by atoms with Crippen molar-refractivity contribution in [2.75, 3.05) is 27.3 Å². The molecule has 1 aliphatic heterocycles. The molecule has 0 N–H and O–H groups in total. The Labute approximate surface area is 95.7 Å². The van der Waals surface area contributed by atoms with Crippen LogP contribution >= 0.6 is 0 Å². The lowest BCUT2D eigenvalue weighted by Gasteiger charge is -2.33. The molecule has 1 fully saturated rings. The van der Waals surface area contributed by atoms with Crippen LogP contribution in [0.15, 0.2) is 0 Å². The summed E-state index contributed by atoms with van der Waals surface area (Å²) < 4.78 is 9.34. The Balaban J connectivity index is 2.47. The van der Waals surface area contributed by atoms with Crippen molar-refractivity contribution in [1.82, 2.24) is 4.90 Å². The Bertz CT molecular complexity index is 254. The van der Waals surface area contributed by atoms with Crippen molar-refractivity contribution < 1.29 is 19.1 Å². The van der Waals surface area contributed by atoms with Gasteiger partial charge in [-0.3, -0.25) is 14.5 Å². The van der Waals surface area contributed by atoms with Gasteiger partial charge in [-0.1, -0.05) is 6.42 Å². The van der Waals surface area contributed by atoms with Gasteiger partial charge >= 0.3 is 11.9 Å². The van der Waals surface area contributed by atoms with Crippen molar-refractivity contribution in [3.63, 3.8) is 0 Å². The average Bonchev–Trinajstić information content (AvgIpc) is 2.35. The summed E-state index contributed by atoms with van der Waals surface area (Å²) in [6.45, 7) is 1.41. The van der Waals surface area contributed by atoms with Crippen molar-refractivity contribution >= 4 is 11.9 Å². The van der Waals surface area contributed by atoms with Crippen LogP contribution in [-0.2, 0) is 19.1 Å². The molecule has 0 radical (unpaired) electrons. The number of carbonyl (C=O) groups excluding carboxylic acids is 2. The van der Waals surface area contributed by atoms with Gasteiger partial charge in [0.05, 0.1) is 20.6 Å². The van der Waals surface area contributed by atoms with Crippen molar-refractivity contribution in [3.8, 4) is 0 Å². The normalized spacial score (nSPS) is 21.5. The maximum Gasteiger partial charge on any atom is 0.323 e.